The van der Waals surface area contributed by atoms with Crippen LogP contribution in [0.1, 0.15) is 46.6 Å². The van der Waals surface area contributed by atoms with E-state index in [0.29, 0.717) is 17.3 Å². The fourth-order valence-corrected chi connectivity index (χ4v) is 3.30. The Morgan fingerprint density at radius 3 is 2.95 bits per heavy atom. The van der Waals surface area contributed by atoms with E-state index in [2.05, 4.69) is 15.3 Å². The third kappa shape index (κ3) is 3.62. The average Bonchev–Trinajstić information content (AvgIpc) is 3.17. The molecule has 0 aromatic carbocycles. The van der Waals surface area contributed by atoms with Crippen molar-refractivity contribution in [1.29, 1.82) is 0 Å². The molecule has 0 bridgehead atoms. The fraction of sp³-hybridized carbons (Fsp3) is 0.438. The lowest BCUT2D eigenvalue weighted by Gasteiger charge is -2.12. The van der Waals surface area contributed by atoms with Gasteiger partial charge < -0.3 is 10.1 Å². The van der Waals surface area contributed by atoms with Crippen molar-refractivity contribution in [1.82, 2.24) is 15.3 Å². The van der Waals surface area contributed by atoms with Crippen molar-refractivity contribution in [2.24, 2.45) is 0 Å². The van der Waals surface area contributed by atoms with Gasteiger partial charge in [-0.15, -0.1) is 11.3 Å². The first-order chi connectivity index (χ1) is 10.7. The van der Waals surface area contributed by atoms with Crippen LogP contribution in [0.2, 0.25) is 0 Å². The average molecular weight is 317 g/mol. The second-order valence-electron chi connectivity index (χ2n) is 5.48. The van der Waals surface area contributed by atoms with E-state index in [1.165, 1.54) is 24.2 Å². The van der Waals surface area contributed by atoms with Crippen molar-refractivity contribution in [3.63, 3.8) is 0 Å². The topological polar surface area (TPSA) is 64.1 Å². The first kappa shape index (κ1) is 15.0. The summed E-state index contributed by atoms with van der Waals surface area (Å²) in [4.78, 5) is 21.1. The van der Waals surface area contributed by atoms with Crippen LogP contribution < -0.4 is 10.1 Å². The molecule has 2 heterocycles. The first-order valence-corrected chi connectivity index (χ1v) is 8.40. The molecular weight excluding hydrogens is 298 g/mol. The number of thiazole rings is 1. The summed E-state index contributed by atoms with van der Waals surface area (Å²) in [5.74, 6) is 0.558. The van der Waals surface area contributed by atoms with Crippen molar-refractivity contribution in [3.05, 3.63) is 40.0 Å². The molecule has 1 amide bonds. The molecule has 0 spiro atoms. The van der Waals surface area contributed by atoms with E-state index in [1.54, 1.807) is 11.7 Å². The van der Waals surface area contributed by atoms with E-state index < -0.39 is 0 Å². The summed E-state index contributed by atoms with van der Waals surface area (Å²) in [6, 6.07) is 3.79. The molecule has 1 fully saturated rings. The lowest BCUT2D eigenvalue weighted by molar-refractivity contribution is 0.0954. The monoisotopic (exact) mass is 317 g/mol. The summed E-state index contributed by atoms with van der Waals surface area (Å²) in [5.41, 5.74) is 3.44. The van der Waals surface area contributed by atoms with Gasteiger partial charge in [0.25, 0.3) is 5.91 Å². The summed E-state index contributed by atoms with van der Waals surface area (Å²) in [6.45, 7) is 2.30. The van der Waals surface area contributed by atoms with Crippen LogP contribution in [0.4, 0.5) is 0 Å². The number of carbonyl (C=O) groups is 1. The minimum Gasteiger partial charge on any atom is -0.474 e. The van der Waals surface area contributed by atoms with E-state index in [0.717, 1.165) is 24.1 Å². The van der Waals surface area contributed by atoms with Gasteiger partial charge in [0.2, 0.25) is 5.88 Å². The Bertz CT molecular complexity index is 650. The van der Waals surface area contributed by atoms with Crippen LogP contribution in [0.15, 0.2) is 23.8 Å². The summed E-state index contributed by atoms with van der Waals surface area (Å²) in [7, 11) is 0. The molecular formula is C16H19N3O2S. The maximum absolute atomic E-state index is 12.1. The highest BCUT2D eigenvalue weighted by molar-refractivity contribution is 7.11. The van der Waals surface area contributed by atoms with Gasteiger partial charge >= 0.3 is 0 Å². The maximum Gasteiger partial charge on any atom is 0.263 e. The van der Waals surface area contributed by atoms with Crippen molar-refractivity contribution in [2.75, 3.05) is 0 Å². The molecule has 0 saturated heterocycles. The number of pyridine rings is 1. The summed E-state index contributed by atoms with van der Waals surface area (Å²) in [6.07, 6.45) is 6.69. The molecule has 2 aromatic heterocycles. The first-order valence-electron chi connectivity index (χ1n) is 7.52. The molecule has 0 aliphatic heterocycles. The second-order valence-corrected chi connectivity index (χ2v) is 6.33. The molecule has 6 heteroatoms. The van der Waals surface area contributed by atoms with E-state index >= 15 is 0 Å². The molecule has 2 aromatic rings. The molecule has 1 aliphatic carbocycles. The Labute approximate surface area is 133 Å². The zero-order valence-corrected chi connectivity index (χ0v) is 13.4. The predicted octanol–water partition coefficient (Wildman–Crippen LogP) is 3.10. The number of aryl methyl sites for hydroxylation is 1. The molecule has 0 unspecified atom stereocenters. The number of aromatic nitrogens is 2. The number of rotatable bonds is 5. The second kappa shape index (κ2) is 6.87. The summed E-state index contributed by atoms with van der Waals surface area (Å²) >= 11 is 1.36. The number of nitrogens with zero attached hydrogens (tertiary/aromatic N) is 2. The van der Waals surface area contributed by atoms with Gasteiger partial charge in [0.15, 0.2) is 0 Å². The van der Waals surface area contributed by atoms with Gasteiger partial charge in [-0.3, -0.25) is 4.79 Å². The van der Waals surface area contributed by atoms with E-state index in [9.17, 15) is 4.79 Å². The molecule has 1 saturated carbocycles. The third-order valence-electron chi connectivity index (χ3n) is 3.79. The van der Waals surface area contributed by atoms with Gasteiger partial charge in [0.05, 0.1) is 11.2 Å². The Kier molecular flexibility index (Phi) is 4.68. The largest absolute Gasteiger partial charge is 0.474 e. The van der Waals surface area contributed by atoms with Crippen molar-refractivity contribution >= 4 is 17.2 Å². The molecule has 0 atom stereocenters. The number of amides is 1. The predicted molar refractivity (Wildman–Crippen MR) is 85.1 cm³/mol. The van der Waals surface area contributed by atoms with Crippen LogP contribution in [0.25, 0.3) is 0 Å². The lowest BCUT2D eigenvalue weighted by Crippen LogP contribution is -2.22. The number of hydrogen-bond donors (Lipinski definition) is 1. The zero-order chi connectivity index (χ0) is 15.4. The Balaban J connectivity index is 1.58. The van der Waals surface area contributed by atoms with Gasteiger partial charge in [-0.1, -0.05) is 0 Å². The van der Waals surface area contributed by atoms with E-state index in [-0.39, 0.29) is 12.0 Å². The molecule has 0 radical (unpaired) electrons. The molecule has 5 nitrogen and oxygen atoms in total. The van der Waals surface area contributed by atoms with Crippen LogP contribution in [-0.4, -0.2) is 22.0 Å². The van der Waals surface area contributed by atoms with Gasteiger partial charge in [-0.2, -0.15) is 0 Å². The Hall–Kier alpha value is -1.95. The standard InChI is InChI=1S/C16H19N3O2S/c1-11-15(22-10-19-11)16(20)18-9-12-6-7-17-14(8-12)21-13-4-2-3-5-13/h6-8,10,13H,2-5,9H2,1H3,(H,18,20). The Morgan fingerprint density at radius 1 is 1.41 bits per heavy atom. The van der Waals surface area contributed by atoms with Crippen LogP contribution >= 0.6 is 11.3 Å². The van der Waals surface area contributed by atoms with Crippen molar-refractivity contribution < 1.29 is 9.53 Å². The minimum absolute atomic E-state index is 0.0879. The fourth-order valence-electron chi connectivity index (χ4n) is 2.58. The molecule has 3 rings (SSSR count). The quantitative estimate of drug-likeness (QED) is 0.920. The minimum atomic E-state index is -0.0879. The number of nitrogens with one attached hydrogen (secondary N) is 1. The van der Waals surface area contributed by atoms with Crippen LogP contribution in [0.3, 0.4) is 0 Å². The highest BCUT2D eigenvalue weighted by Gasteiger charge is 2.17. The van der Waals surface area contributed by atoms with Gasteiger partial charge in [-0.25, -0.2) is 9.97 Å². The summed E-state index contributed by atoms with van der Waals surface area (Å²) in [5, 5.41) is 2.91. The van der Waals surface area contributed by atoms with E-state index in [4.69, 9.17) is 4.74 Å². The van der Waals surface area contributed by atoms with Crippen molar-refractivity contribution in [3.8, 4) is 5.88 Å². The summed E-state index contributed by atoms with van der Waals surface area (Å²) < 4.78 is 5.88. The SMILES string of the molecule is Cc1ncsc1C(=O)NCc1ccnc(OC2CCCC2)c1. The number of carbonyl (C=O) groups excluding carboxylic acids is 1. The van der Waals surface area contributed by atoms with Gasteiger partial charge in [-0.05, 0) is 44.2 Å². The van der Waals surface area contributed by atoms with Crippen LogP contribution in [0, 0.1) is 6.92 Å². The zero-order valence-electron chi connectivity index (χ0n) is 12.5. The maximum atomic E-state index is 12.1. The van der Waals surface area contributed by atoms with Crippen molar-refractivity contribution in [2.45, 2.75) is 45.3 Å². The third-order valence-corrected chi connectivity index (χ3v) is 4.72. The number of hydrogen-bond acceptors (Lipinski definition) is 5. The highest BCUT2D eigenvalue weighted by atomic mass is 32.1. The van der Waals surface area contributed by atoms with Gasteiger partial charge in [0.1, 0.15) is 11.0 Å². The smallest absolute Gasteiger partial charge is 0.263 e. The van der Waals surface area contributed by atoms with Gasteiger partial charge in [0, 0.05) is 18.8 Å². The molecule has 116 valence electrons. The molecule has 22 heavy (non-hydrogen) atoms. The molecule has 1 aliphatic rings. The Morgan fingerprint density at radius 2 is 2.23 bits per heavy atom. The normalized spacial score (nSPS) is 15.0. The molecule has 1 N–H and O–H groups in total. The number of ether oxygens (including phenoxy) is 1. The lowest BCUT2D eigenvalue weighted by atomic mass is 10.2. The highest BCUT2D eigenvalue weighted by Crippen LogP contribution is 2.23. The van der Waals surface area contributed by atoms with Crippen LogP contribution in [0.5, 0.6) is 5.88 Å². The van der Waals surface area contributed by atoms with E-state index in [1.807, 2.05) is 19.1 Å². The van der Waals surface area contributed by atoms with Crippen LogP contribution in [-0.2, 0) is 6.54 Å².